The average Bonchev–Trinajstić information content (AvgIpc) is 2.40. The van der Waals surface area contributed by atoms with Crippen LogP contribution in [0.2, 0.25) is 5.02 Å². The summed E-state index contributed by atoms with van der Waals surface area (Å²) in [5, 5.41) is 0.857. The summed E-state index contributed by atoms with van der Waals surface area (Å²) in [6, 6.07) is 6.34. The fourth-order valence-corrected chi connectivity index (χ4v) is 2.77. The molecule has 0 amide bonds. The van der Waals surface area contributed by atoms with Gasteiger partial charge in [-0.15, -0.1) is 0 Å². The van der Waals surface area contributed by atoms with Crippen molar-refractivity contribution in [1.82, 2.24) is 0 Å². The second-order valence-corrected chi connectivity index (χ2v) is 6.03. The first kappa shape index (κ1) is 17.3. The van der Waals surface area contributed by atoms with Crippen molar-refractivity contribution in [2.75, 3.05) is 18.0 Å². The maximum atomic E-state index is 6.48. The van der Waals surface area contributed by atoms with Crippen LogP contribution in [0.25, 0.3) is 0 Å². The quantitative estimate of drug-likeness (QED) is 0.719. The van der Waals surface area contributed by atoms with E-state index in [1.165, 1.54) is 36.9 Å². The molecule has 1 unspecified atom stereocenters. The van der Waals surface area contributed by atoms with Gasteiger partial charge in [0.05, 0.1) is 10.7 Å². The van der Waals surface area contributed by atoms with Gasteiger partial charge < -0.3 is 10.6 Å². The van der Waals surface area contributed by atoms with Gasteiger partial charge in [0, 0.05) is 19.1 Å². The number of rotatable bonds is 9. The third kappa shape index (κ3) is 5.34. The zero-order chi connectivity index (χ0) is 15.0. The largest absolute Gasteiger partial charge is 0.370 e. The lowest BCUT2D eigenvalue weighted by Crippen LogP contribution is -2.28. The van der Waals surface area contributed by atoms with Gasteiger partial charge in [-0.05, 0) is 37.8 Å². The molecule has 0 bridgehead atoms. The fourth-order valence-electron chi connectivity index (χ4n) is 2.46. The molecule has 0 fully saturated rings. The molecule has 114 valence electrons. The average molecular weight is 297 g/mol. The predicted octanol–water partition coefficient (Wildman–Crippen LogP) is 4.64. The highest BCUT2D eigenvalue weighted by Gasteiger charge is 2.15. The Hall–Kier alpha value is -0.730. The van der Waals surface area contributed by atoms with E-state index in [0.717, 1.165) is 24.5 Å². The van der Waals surface area contributed by atoms with Crippen molar-refractivity contribution >= 4 is 17.3 Å². The summed E-state index contributed by atoms with van der Waals surface area (Å²) in [7, 11) is 0. The van der Waals surface area contributed by atoms with E-state index in [1.807, 2.05) is 19.1 Å². The number of nitrogens with zero attached hydrogens (tertiary/aromatic N) is 1. The van der Waals surface area contributed by atoms with Crippen LogP contribution >= 0.6 is 11.6 Å². The Kier molecular flexibility index (Phi) is 8.01. The van der Waals surface area contributed by atoms with Crippen LogP contribution in [0.4, 0.5) is 5.69 Å². The van der Waals surface area contributed by atoms with E-state index in [4.69, 9.17) is 17.3 Å². The van der Waals surface area contributed by atoms with Crippen molar-refractivity contribution in [3.63, 3.8) is 0 Å². The van der Waals surface area contributed by atoms with Crippen LogP contribution in [0.3, 0.4) is 0 Å². The zero-order valence-corrected chi connectivity index (χ0v) is 13.9. The van der Waals surface area contributed by atoms with Gasteiger partial charge in [-0.1, -0.05) is 50.4 Å². The van der Waals surface area contributed by atoms with Crippen LogP contribution in [0.1, 0.15) is 52.0 Å². The molecule has 1 rings (SSSR count). The van der Waals surface area contributed by atoms with Gasteiger partial charge in [0.15, 0.2) is 0 Å². The topological polar surface area (TPSA) is 29.3 Å². The molecule has 1 aromatic carbocycles. The minimum Gasteiger partial charge on any atom is -0.370 e. The molecule has 2 nitrogen and oxygen atoms in total. The van der Waals surface area contributed by atoms with Crippen molar-refractivity contribution in [2.24, 2.45) is 5.73 Å². The molecule has 20 heavy (non-hydrogen) atoms. The summed E-state index contributed by atoms with van der Waals surface area (Å²) in [5.41, 5.74) is 8.46. The summed E-state index contributed by atoms with van der Waals surface area (Å²) >= 11 is 6.48. The lowest BCUT2D eigenvalue weighted by molar-refractivity contribution is 0.669. The van der Waals surface area contributed by atoms with Gasteiger partial charge in [0.1, 0.15) is 0 Å². The van der Waals surface area contributed by atoms with Gasteiger partial charge in [-0.2, -0.15) is 0 Å². The van der Waals surface area contributed by atoms with Gasteiger partial charge in [-0.3, -0.25) is 0 Å². The van der Waals surface area contributed by atoms with Crippen LogP contribution < -0.4 is 10.6 Å². The number of halogens is 1. The Bertz CT molecular complexity index is 383. The van der Waals surface area contributed by atoms with E-state index in [-0.39, 0.29) is 6.04 Å². The molecule has 0 aliphatic rings. The van der Waals surface area contributed by atoms with Crippen LogP contribution in [0, 0.1) is 0 Å². The summed E-state index contributed by atoms with van der Waals surface area (Å²) in [6.45, 7) is 8.66. The molecule has 3 heteroatoms. The van der Waals surface area contributed by atoms with Gasteiger partial charge in [-0.25, -0.2) is 0 Å². The third-order valence-corrected chi connectivity index (χ3v) is 3.80. The van der Waals surface area contributed by atoms with E-state index in [2.05, 4.69) is 24.8 Å². The summed E-state index contributed by atoms with van der Waals surface area (Å²) < 4.78 is 0. The zero-order valence-electron chi connectivity index (χ0n) is 13.2. The number of anilines is 1. The van der Waals surface area contributed by atoms with Gasteiger partial charge >= 0.3 is 0 Å². The number of hydrogen-bond donors (Lipinski definition) is 1. The molecule has 2 N–H and O–H groups in total. The summed E-state index contributed by atoms with van der Waals surface area (Å²) in [5.74, 6) is 0. The first-order valence-corrected chi connectivity index (χ1v) is 8.25. The Balaban J connectivity index is 3.02. The second kappa shape index (κ2) is 9.25. The molecule has 0 aliphatic carbocycles. The van der Waals surface area contributed by atoms with Gasteiger partial charge in [0.2, 0.25) is 0 Å². The summed E-state index contributed by atoms with van der Waals surface area (Å²) in [4.78, 5) is 2.45. The molecular weight excluding hydrogens is 268 g/mol. The van der Waals surface area contributed by atoms with Crippen molar-refractivity contribution in [1.29, 1.82) is 0 Å². The molecule has 1 atom stereocenters. The molecule has 0 saturated heterocycles. The van der Waals surface area contributed by atoms with Crippen molar-refractivity contribution < 1.29 is 0 Å². The molecule has 1 aromatic rings. The Labute approximate surface area is 129 Å². The van der Waals surface area contributed by atoms with Crippen LogP contribution in [0.15, 0.2) is 18.2 Å². The van der Waals surface area contributed by atoms with Crippen molar-refractivity contribution in [3.8, 4) is 0 Å². The van der Waals surface area contributed by atoms with Crippen LogP contribution in [0.5, 0.6) is 0 Å². The fraction of sp³-hybridized carbons (Fsp3) is 0.647. The molecule has 0 aromatic heterocycles. The maximum Gasteiger partial charge on any atom is 0.0642 e. The standard InChI is InChI=1S/C17H29ClN2/c1-4-6-11-20(12-7-5-2)17-15(13-14(3)19)9-8-10-16(17)18/h8-10,14H,4-7,11-13,19H2,1-3H3. The number of hydrogen-bond acceptors (Lipinski definition) is 2. The maximum absolute atomic E-state index is 6.48. The highest BCUT2D eigenvalue weighted by Crippen LogP contribution is 2.31. The predicted molar refractivity (Wildman–Crippen MR) is 90.8 cm³/mol. The SMILES string of the molecule is CCCCN(CCCC)c1c(Cl)cccc1CC(C)N. The van der Waals surface area contributed by atoms with Crippen molar-refractivity contribution in [3.05, 3.63) is 28.8 Å². The van der Waals surface area contributed by atoms with Crippen LogP contribution in [-0.2, 0) is 6.42 Å². The molecule has 0 aliphatic heterocycles. The first-order valence-electron chi connectivity index (χ1n) is 7.88. The minimum absolute atomic E-state index is 0.159. The molecule has 0 heterocycles. The third-order valence-electron chi connectivity index (χ3n) is 3.49. The number of para-hydroxylation sites is 1. The Morgan fingerprint density at radius 1 is 1.15 bits per heavy atom. The number of nitrogens with two attached hydrogens (primary N) is 1. The second-order valence-electron chi connectivity index (χ2n) is 5.62. The Morgan fingerprint density at radius 2 is 1.75 bits per heavy atom. The van der Waals surface area contributed by atoms with Crippen molar-refractivity contribution in [2.45, 2.75) is 58.9 Å². The molecule has 0 spiro atoms. The molecular formula is C17H29ClN2. The van der Waals surface area contributed by atoms with E-state index in [9.17, 15) is 0 Å². The Morgan fingerprint density at radius 3 is 2.25 bits per heavy atom. The van der Waals surface area contributed by atoms with E-state index < -0.39 is 0 Å². The summed E-state index contributed by atoms with van der Waals surface area (Å²) in [6.07, 6.45) is 5.69. The first-order chi connectivity index (χ1) is 9.60. The van der Waals surface area contributed by atoms with E-state index in [1.54, 1.807) is 0 Å². The number of benzene rings is 1. The highest BCUT2D eigenvalue weighted by atomic mass is 35.5. The van der Waals surface area contributed by atoms with E-state index in [0.29, 0.717) is 0 Å². The van der Waals surface area contributed by atoms with E-state index >= 15 is 0 Å². The van der Waals surface area contributed by atoms with Crippen LogP contribution in [-0.4, -0.2) is 19.1 Å². The molecule has 0 radical (unpaired) electrons. The monoisotopic (exact) mass is 296 g/mol. The number of unbranched alkanes of at least 4 members (excludes halogenated alkanes) is 2. The smallest absolute Gasteiger partial charge is 0.0642 e. The lowest BCUT2D eigenvalue weighted by atomic mass is 10.0. The lowest BCUT2D eigenvalue weighted by Gasteiger charge is -2.28. The molecule has 0 saturated carbocycles. The van der Waals surface area contributed by atoms with Gasteiger partial charge in [0.25, 0.3) is 0 Å². The highest BCUT2D eigenvalue weighted by molar-refractivity contribution is 6.33. The minimum atomic E-state index is 0.159. The normalized spacial score (nSPS) is 12.4.